The number of aromatic nitrogens is 2. The molecule has 2 unspecified atom stereocenters. The van der Waals surface area contributed by atoms with Gasteiger partial charge >= 0.3 is 5.69 Å². The second kappa shape index (κ2) is 7.08. The maximum Gasteiger partial charge on any atom is 0.331 e. The van der Waals surface area contributed by atoms with E-state index in [1.54, 1.807) is 22.8 Å². The molecule has 3 rings (SSSR count). The van der Waals surface area contributed by atoms with Crippen LogP contribution in [0.15, 0.2) is 39.9 Å². The van der Waals surface area contributed by atoms with Crippen molar-refractivity contribution in [1.82, 2.24) is 9.13 Å². The van der Waals surface area contributed by atoms with Gasteiger partial charge in [-0.25, -0.2) is 4.79 Å². The summed E-state index contributed by atoms with van der Waals surface area (Å²) < 4.78 is 2.74. The normalized spacial score (nSPS) is 20.2. The standard InChI is InChI=1S/C19H22N4O2/c1-22-18(24)10-17(13-7-4-8-16(21)9-13)23(19(22)25)12-15-6-3-2-5-14(15)11-20/h2-3,5-6,10,13,16H,4,7-9,12,21H2,1H3. The van der Waals surface area contributed by atoms with E-state index in [0.29, 0.717) is 5.56 Å². The Bertz CT molecular complexity index is 936. The van der Waals surface area contributed by atoms with E-state index < -0.39 is 0 Å². The SMILES string of the molecule is Cn1c(=O)cc(C2CCCC(N)C2)n(Cc2ccccc2C#N)c1=O. The molecular weight excluding hydrogens is 316 g/mol. The molecule has 130 valence electrons. The van der Waals surface area contributed by atoms with Crippen LogP contribution in [0.25, 0.3) is 0 Å². The average molecular weight is 338 g/mol. The van der Waals surface area contributed by atoms with Gasteiger partial charge in [0.25, 0.3) is 5.56 Å². The first-order chi connectivity index (χ1) is 12.0. The Morgan fingerprint density at radius 1 is 1.28 bits per heavy atom. The molecule has 0 saturated heterocycles. The highest BCUT2D eigenvalue weighted by atomic mass is 16.2. The summed E-state index contributed by atoms with van der Waals surface area (Å²) in [6.45, 7) is 0.276. The highest BCUT2D eigenvalue weighted by Crippen LogP contribution is 2.31. The number of benzene rings is 1. The molecule has 6 heteroatoms. The maximum absolute atomic E-state index is 12.8. The minimum atomic E-state index is -0.352. The molecule has 1 aliphatic carbocycles. The van der Waals surface area contributed by atoms with Gasteiger partial charge < -0.3 is 5.73 Å². The monoisotopic (exact) mass is 338 g/mol. The summed E-state index contributed by atoms with van der Waals surface area (Å²) in [5.74, 6) is 0.0968. The van der Waals surface area contributed by atoms with Crippen molar-refractivity contribution in [2.45, 2.75) is 44.2 Å². The minimum Gasteiger partial charge on any atom is -0.328 e. The van der Waals surface area contributed by atoms with E-state index in [9.17, 15) is 14.9 Å². The molecule has 25 heavy (non-hydrogen) atoms. The van der Waals surface area contributed by atoms with E-state index in [0.717, 1.165) is 41.5 Å². The molecule has 1 saturated carbocycles. The van der Waals surface area contributed by atoms with E-state index >= 15 is 0 Å². The second-order valence-electron chi connectivity index (χ2n) is 6.73. The lowest BCUT2D eigenvalue weighted by atomic mass is 9.84. The lowest BCUT2D eigenvalue weighted by molar-refractivity contribution is 0.375. The molecule has 0 aliphatic heterocycles. The molecule has 1 aromatic heterocycles. The Hall–Kier alpha value is -2.65. The first-order valence-corrected chi connectivity index (χ1v) is 8.55. The van der Waals surface area contributed by atoms with Crippen LogP contribution in [0.3, 0.4) is 0 Å². The first kappa shape index (κ1) is 17.2. The number of hydrogen-bond acceptors (Lipinski definition) is 4. The largest absolute Gasteiger partial charge is 0.331 e. The number of rotatable bonds is 3. The predicted octanol–water partition coefficient (Wildman–Crippen LogP) is 1.45. The molecular formula is C19H22N4O2. The van der Waals surface area contributed by atoms with E-state index in [1.807, 2.05) is 12.1 Å². The third-order valence-electron chi connectivity index (χ3n) is 5.03. The van der Waals surface area contributed by atoms with Crippen molar-refractivity contribution in [3.05, 3.63) is 68.0 Å². The predicted molar refractivity (Wildman–Crippen MR) is 95.4 cm³/mol. The quantitative estimate of drug-likeness (QED) is 0.916. The zero-order valence-electron chi connectivity index (χ0n) is 14.3. The zero-order valence-corrected chi connectivity index (χ0v) is 14.3. The molecule has 0 amide bonds. The van der Waals surface area contributed by atoms with Crippen molar-refractivity contribution in [3.8, 4) is 6.07 Å². The molecule has 0 spiro atoms. The Morgan fingerprint density at radius 3 is 2.76 bits per heavy atom. The molecule has 0 bridgehead atoms. The topological polar surface area (TPSA) is 93.8 Å². The Kier molecular flexibility index (Phi) is 4.86. The molecule has 6 nitrogen and oxygen atoms in total. The third-order valence-corrected chi connectivity index (χ3v) is 5.03. The first-order valence-electron chi connectivity index (χ1n) is 8.55. The summed E-state index contributed by atoms with van der Waals surface area (Å²) >= 11 is 0. The Balaban J connectivity index is 2.11. The number of nitrogens with zero attached hydrogens (tertiary/aromatic N) is 3. The fraction of sp³-hybridized carbons (Fsp3) is 0.421. The molecule has 1 heterocycles. The summed E-state index contributed by atoms with van der Waals surface area (Å²) in [6.07, 6.45) is 3.65. The average Bonchev–Trinajstić information content (AvgIpc) is 2.62. The third kappa shape index (κ3) is 3.42. The van der Waals surface area contributed by atoms with Crippen LogP contribution < -0.4 is 17.0 Å². The minimum absolute atomic E-state index is 0.0951. The lowest BCUT2D eigenvalue weighted by Crippen LogP contribution is -2.41. The van der Waals surface area contributed by atoms with Gasteiger partial charge in [-0.1, -0.05) is 24.6 Å². The van der Waals surface area contributed by atoms with Crippen LogP contribution in [0.2, 0.25) is 0 Å². The van der Waals surface area contributed by atoms with E-state index in [2.05, 4.69) is 6.07 Å². The smallest absolute Gasteiger partial charge is 0.328 e. The summed E-state index contributed by atoms with van der Waals surface area (Å²) in [6, 6.07) is 11.0. The van der Waals surface area contributed by atoms with Gasteiger partial charge in [0, 0.05) is 30.8 Å². The summed E-state index contributed by atoms with van der Waals surface area (Å²) in [5.41, 5.74) is 7.49. The van der Waals surface area contributed by atoms with Gasteiger partial charge in [0.1, 0.15) is 0 Å². The van der Waals surface area contributed by atoms with Crippen molar-refractivity contribution >= 4 is 0 Å². The van der Waals surface area contributed by atoms with E-state index in [1.165, 1.54) is 7.05 Å². The van der Waals surface area contributed by atoms with Crippen molar-refractivity contribution < 1.29 is 0 Å². The summed E-state index contributed by atoms with van der Waals surface area (Å²) in [4.78, 5) is 24.9. The van der Waals surface area contributed by atoms with Crippen LogP contribution >= 0.6 is 0 Å². The van der Waals surface area contributed by atoms with Crippen LogP contribution in [0.5, 0.6) is 0 Å². The van der Waals surface area contributed by atoms with E-state index in [-0.39, 0.29) is 29.8 Å². The zero-order chi connectivity index (χ0) is 18.0. The molecule has 2 N–H and O–H groups in total. The number of nitriles is 1. The van der Waals surface area contributed by atoms with Crippen molar-refractivity contribution in [3.63, 3.8) is 0 Å². The highest BCUT2D eigenvalue weighted by Gasteiger charge is 2.25. The molecule has 1 fully saturated rings. The van der Waals surface area contributed by atoms with Gasteiger partial charge in [-0.05, 0) is 30.9 Å². The van der Waals surface area contributed by atoms with Gasteiger partial charge in [0.2, 0.25) is 0 Å². The Labute approximate surface area is 146 Å². The van der Waals surface area contributed by atoms with Gasteiger partial charge in [-0.15, -0.1) is 0 Å². The van der Waals surface area contributed by atoms with E-state index in [4.69, 9.17) is 5.73 Å². The van der Waals surface area contributed by atoms with Gasteiger partial charge in [0.15, 0.2) is 0 Å². The van der Waals surface area contributed by atoms with Crippen molar-refractivity contribution in [2.24, 2.45) is 12.8 Å². The van der Waals surface area contributed by atoms with Gasteiger partial charge in [0.05, 0.1) is 18.2 Å². The Morgan fingerprint density at radius 2 is 2.04 bits per heavy atom. The van der Waals surface area contributed by atoms with Crippen LogP contribution in [0, 0.1) is 11.3 Å². The fourth-order valence-corrected chi connectivity index (χ4v) is 3.62. The fourth-order valence-electron chi connectivity index (χ4n) is 3.62. The molecule has 1 aromatic carbocycles. The van der Waals surface area contributed by atoms with Crippen LogP contribution in [-0.2, 0) is 13.6 Å². The maximum atomic E-state index is 12.8. The number of hydrogen-bond donors (Lipinski definition) is 1. The lowest BCUT2D eigenvalue weighted by Gasteiger charge is -2.29. The van der Waals surface area contributed by atoms with Gasteiger partial charge in [-0.2, -0.15) is 5.26 Å². The molecule has 0 radical (unpaired) electrons. The summed E-state index contributed by atoms with van der Waals surface area (Å²) in [5, 5.41) is 9.31. The number of nitrogens with two attached hydrogens (primary N) is 1. The summed E-state index contributed by atoms with van der Waals surface area (Å²) in [7, 11) is 1.48. The van der Waals surface area contributed by atoms with Crippen LogP contribution in [0.1, 0.15) is 48.4 Å². The molecule has 2 atom stereocenters. The van der Waals surface area contributed by atoms with Crippen molar-refractivity contribution in [1.29, 1.82) is 5.26 Å². The van der Waals surface area contributed by atoms with Gasteiger partial charge in [-0.3, -0.25) is 13.9 Å². The second-order valence-corrected chi connectivity index (χ2v) is 6.73. The molecule has 1 aliphatic rings. The van der Waals surface area contributed by atoms with Crippen molar-refractivity contribution in [2.75, 3.05) is 0 Å². The van der Waals surface area contributed by atoms with Crippen LogP contribution in [-0.4, -0.2) is 15.2 Å². The highest BCUT2D eigenvalue weighted by molar-refractivity contribution is 5.37. The molecule has 2 aromatic rings. The van der Waals surface area contributed by atoms with Crippen LogP contribution in [0.4, 0.5) is 0 Å².